The lowest BCUT2D eigenvalue weighted by Crippen LogP contribution is -2.00. The Balaban J connectivity index is 1.99. The first-order chi connectivity index (χ1) is 10.0. The van der Waals surface area contributed by atoms with E-state index in [1.165, 1.54) is 12.3 Å². The van der Waals surface area contributed by atoms with Crippen LogP contribution in [0.3, 0.4) is 0 Å². The average Bonchev–Trinajstić information content (AvgIpc) is 2.80. The number of halogens is 1. The number of hydrogen-bond donors (Lipinski definition) is 1. The molecule has 2 heterocycles. The third kappa shape index (κ3) is 2.40. The fraction of sp³-hybridized carbons (Fsp3) is 0.0714. The molecule has 0 radical (unpaired) electrons. The standard InChI is InChI=1S/C14H10FN3O3/c1-8-6-12-13(16-4-5-18(12)17-8)21-9-2-3-10(14(19)20)11(15)7-9/h2-7H,1H3,(H,19,20). The molecule has 0 aliphatic rings. The van der Waals surface area contributed by atoms with Crippen LogP contribution in [0.2, 0.25) is 0 Å². The van der Waals surface area contributed by atoms with Crippen molar-refractivity contribution in [2.75, 3.05) is 0 Å². The van der Waals surface area contributed by atoms with Gasteiger partial charge in [0.25, 0.3) is 0 Å². The molecule has 0 aliphatic carbocycles. The van der Waals surface area contributed by atoms with E-state index in [9.17, 15) is 9.18 Å². The molecule has 106 valence electrons. The van der Waals surface area contributed by atoms with Gasteiger partial charge in [-0.3, -0.25) is 0 Å². The lowest BCUT2D eigenvalue weighted by molar-refractivity contribution is 0.0692. The summed E-state index contributed by atoms with van der Waals surface area (Å²) in [4.78, 5) is 14.8. The van der Waals surface area contributed by atoms with E-state index in [-0.39, 0.29) is 11.6 Å². The van der Waals surface area contributed by atoms with Crippen molar-refractivity contribution in [3.05, 3.63) is 53.7 Å². The van der Waals surface area contributed by atoms with Gasteiger partial charge >= 0.3 is 5.97 Å². The summed E-state index contributed by atoms with van der Waals surface area (Å²) in [6.45, 7) is 1.83. The second kappa shape index (κ2) is 4.86. The molecule has 0 unspecified atom stereocenters. The molecule has 0 bridgehead atoms. The van der Waals surface area contributed by atoms with Crippen molar-refractivity contribution in [1.29, 1.82) is 0 Å². The van der Waals surface area contributed by atoms with E-state index in [2.05, 4.69) is 10.1 Å². The number of aromatic nitrogens is 3. The van der Waals surface area contributed by atoms with E-state index in [4.69, 9.17) is 9.84 Å². The van der Waals surface area contributed by atoms with Crippen molar-refractivity contribution in [3.63, 3.8) is 0 Å². The van der Waals surface area contributed by atoms with E-state index in [1.54, 1.807) is 16.8 Å². The summed E-state index contributed by atoms with van der Waals surface area (Å²) in [7, 11) is 0. The lowest BCUT2D eigenvalue weighted by atomic mass is 10.2. The van der Waals surface area contributed by atoms with Gasteiger partial charge in [0.05, 0.1) is 11.3 Å². The first-order valence-electron chi connectivity index (χ1n) is 6.06. The molecule has 0 aliphatic heterocycles. The van der Waals surface area contributed by atoms with Gasteiger partial charge in [0.15, 0.2) is 0 Å². The van der Waals surface area contributed by atoms with Gasteiger partial charge in [-0.05, 0) is 25.1 Å². The molecule has 7 heteroatoms. The minimum atomic E-state index is -1.33. The molecule has 0 atom stereocenters. The second-order valence-corrected chi connectivity index (χ2v) is 4.40. The molecule has 1 N–H and O–H groups in total. The molecular formula is C14H10FN3O3. The molecule has 21 heavy (non-hydrogen) atoms. The number of ether oxygens (including phenoxy) is 1. The Bertz CT molecular complexity index is 845. The van der Waals surface area contributed by atoms with Crippen LogP contribution in [-0.4, -0.2) is 25.7 Å². The van der Waals surface area contributed by atoms with Crippen molar-refractivity contribution in [2.24, 2.45) is 0 Å². The van der Waals surface area contributed by atoms with E-state index in [1.807, 2.05) is 6.92 Å². The van der Waals surface area contributed by atoms with Gasteiger partial charge in [-0.1, -0.05) is 0 Å². The highest BCUT2D eigenvalue weighted by atomic mass is 19.1. The normalized spacial score (nSPS) is 10.8. The fourth-order valence-corrected chi connectivity index (χ4v) is 1.94. The number of nitrogens with zero attached hydrogens (tertiary/aromatic N) is 3. The van der Waals surface area contributed by atoms with E-state index >= 15 is 0 Å². The number of aryl methyl sites for hydroxylation is 1. The van der Waals surface area contributed by atoms with Crippen LogP contribution in [-0.2, 0) is 0 Å². The maximum absolute atomic E-state index is 13.6. The van der Waals surface area contributed by atoms with Crippen LogP contribution in [0, 0.1) is 12.7 Å². The van der Waals surface area contributed by atoms with E-state index in [0.717, 1.165) is 17.8 Å². The quantitative estimate of drug-likeness (QED) is 0.801. The highest BCUT2D eigenvalue weighted by molar-refractivity contribution is 5.88. The van der Waals surface area contributed by atoms with Crippen LogP contribution in [0.1, 0.15) is 16.1 Å². The van der Waals surface area contributed by atoms with Crippen molar-refractivity contribution in [1.82, 2.24) is 14.6 Å². The van der Waals surface area contributed by atoms with Crippen molar-refractivity contribution in [3.8, 4) is 11.6 Å². The molecule has 3 rings (SSSR count). The molecule has 3 aromatic rings. The molecule has 0 saturated carbocycles. The predicted molar refractivity (Wildman–Crippen MR) is 71.2 cm³/mol. The lowest BCUT2D eigenvalue weighted by Gasteiger charge is -2.06. The summed E-state index contributed by atoms with van der Waals surface area (Å²) >= 11 is 0. The number of carbonyl (C=O) groups is 1. The summed E-state index contributed by atoms with van der Waals surface area (Å²) < 4.78 is 20.7. The third-order valence-corrected chi connectivity index (χ3v) is 2.86. The average molecular weight is 287 g/mol. The van der Waals surface area contributed by atoms with Gasteiger partial charge in [0.1, 0.15) is 17.1 Å². The van der Waals surface area contributed by atoms with Gasteiger partial charge < -0.3 is 9.84 Å². The van der Waals surface area contributed by atoms with Crippen molar-refractivity contribution in [2.45, 2.75) is 6.92 Å². The Kier molecular flexibility index (Phi) is 3.02. The zero-order valence-corrected chi connectivity index (χ0v) is 10.9. The van der Waals surface area contributed by atoms with Crippen LogP contribution < -0.4 is 4.74 Å². The Morgan fingerprint density at radius 2 is 2.19 bits per heavy atom. The summed E-state index contributed by atoms with van der Waals surface area (Å²) in [5.74, 6) is -1.76. The second-order valence-electron chi connectivity index (χ2n) is 4.40. The molecule has 0 amide bonds. The Morgan fingerprint density at radius 3 is 2.90 bits per heavy atom. The maximum atomic E-state index is 13.6. The van der Waals surface area contributed by atoms with Gasteiger partial charge in [-0.15, -0.1) is 0 Å². The van der Waals surface area contributed by atoms with Crippen molar-refractivity contribution >= 4 is 11.5 Å². The topological polar surface area (TPSA) is 76.7 Å². The zero-order chi connectivity index (χ0) is 15.0. The first kappa shape index (κ1) is 13.0. The molecule has 1 aromatic carbocycles. The van der Waals surface area contributed by atoms with Crippen LogP contribution in [0.15, 0.2) is 36.7 Å². The molecule has 2 aromatic heterocycles. The SMILES string of the molecule is Cc1cc2c(Oc3ccc(C(=O)O)c(F)c3)nccn2n1. The number of carboxylic acids is 1. The van der Waals surface area contributed by atoms with E-state index in [0.29, 0.717) is 5.52 Å². The number of benzene rings is 1. The summed E-state index contributed by atoms with van der Waals surface area (Å²) in [5.41, 5.74) is 1.02. The maximum Gasteiger partial charge on any atom is 0.338 e. The van der Waals surface area contributed by atoms with Crippen LogP contribution in [0.4, 0.5) is 4.39 Å². The summed E-state index contributed by atoms with van der Waals surface area (Å²) in [6.07, 6.45) is 3.18. The summed E-state index contributed by atoms with van der Waals surface area (Å²) in [5, 5.41) is 13.0. The van der Waals surface area contributed by atoms with Gasteiger partial charge in [0.2, 0.25) is 5.88 Å². The largest absolute Gasteiger partial charge is 0.478 e. The smallest absolute Gasteiger partial charge is 0.338 e. The Morgan fingerprint density at radius 1 is 1.38 bits per heavy atom. The highest BCUT2D eigenvalue weighted by Crippen LogP contribution is 2.25. The Hall–Kier alpha value is -2.96. The summed E-state index contributed by atoms with van der Waals surface area (Å²) in [6, 6.07) is 5.32. The third-order valence-electron chi connectivity index (χ3n) is 2.86. The van der Waals surface area contributed by atoms with Gasteiger partial charge in [-0.2, -0.15) is 5.10 Å². The number of carboxylic acid groups (broad SMARTS) is 1. The number of rotatable bonds is 3. The van der Waals surface area contributed by atoms with Crippen LogP contribution >= 0.6 is 0 Å². The van der Waals surface area contributed by atoms with Crippen molar-refractivity contribution < 1.29 is 19.0 Å². The van der Waals surface area contributed by atoms with E-state index < -0.39 is 17.3 Å². The number of fused-ring (bicyclic) bond motifs is 1. The molecule has 0 fully saturated rings. The minimum absolute atomic E-state index is 0.164. The van der Waals surface area contributed by atoms with Gasteiger partial charge in [0, 0.05) is 18.5 Å². The number of aromatic carboxylic acids is 1. The van der Waals surface area contributed by atoms with Crippen LogP contribution in [0.5, 0.6) is 11.6 Å². The van der Waals surface area contributed by atoms with Gasteiger partial charge in [-0.25, -0.2) is 18.7 Å². The first-order valence-corrected chi connectivity index (χ1v) is 6.06. The Labute approximate surface area is 118 Å². The minimum Gasteiger partial charge on any atom is -0.478 e. The number of hydrogen-bond acceptors (Lipinski definition) is 4. The molecular weight excluding hydrogens is 277 g/mol. The predicted octanol–water partition coefficient (Wildman–Crippen LogP) is 2.67. The molecule has 0 spiro atoms. The monoisotopic (exact) mass is 287 g/mol. The molecule has 6 nitrogen and oxygen atoms in total. The van der Waals surface area contributed by atoms with Crippen LogP contribution in [0.25, 0.3) is 5.52 Å². The highest BCUT2D eigenvalue weighted by Gasteiger charge is 2.13. The molecule has 0 saturated heterocycles. The zero-order valence-electron chi connectivity index (χ0n) is 10.9. The fourth-order valence-electron chi connectivity index (χ4n) is 1.94.